The summed E-state index contributed by atoms with van der Waals surface area (Å²) >= 11 is 0. The monoisotopic (exact) mass is 473 g/mol. The van der Waals surface area contributed by atoms with Crippen LogP contribution in [0.4, 0.5) is 13.2 Å². The van der Waals surface area contributed by atoms with Gasteiger partial charge in [-0.05, 0) is 60.0 Å². The highest BCUT2D eigenvalue weighted by molar-refractivity contribution is 7.90. The number of carbonyl (C=O) groups is 1. The molecule has 0 saturated carbocycles. The Morgan fingerprint density at radius 1 is 0.879 bits per heavy atom. The summed E-state index contributed by atoms with van der Waals surface area (Å²) in [5.74, 6) is -1.06. The number of carboxylic acids is 1. The van der Waals surface area contributed by atoms with E-state index in [1.807, 2.05) is 0 Å². The van der Waals surface area contributed by atoms with E-state index in [-0.39, 0.29) is 17.7 Å². The number of nitrogens with zero attached hydrogens (tertiary/aromatic N) is 1. The zero-order valence-electron chi connectivity index (χ0n) is 17.1. The van der Waals surface area contributed by atoms with E-state index in [1.54, 1.807) is 42.5 Å². The molecule has 0 fully saturated rings. The van der Waals surface area contributed by atoms with Crippen LogP contribution < -0.4 is 0 Å². The van der Waals surface area contributed by atoms with E-state index >= 15 is 0 Å². The van der Waals surface area contributed by atoms with Crippen molar-refractivity contribution in [3.63, 3.8) is 0 Å². The van der Waals surface area contributed by atoms with Crippen LogP contribution in [0.2, 0.25) is 0 Å². The SMILES string of the molecule is O=C(O)CCc1cc2cc(-c3ccc(C(F)(F)F)cc3)ccc2n1S(=O)(=O)c1ccccc1. The van der Waals surface area contributed by atoms with E-state index in [2.05, 4.69) is 0 Å². The van der Waals surface area contributed by atoms with Gasteiger partial charge in [0.1, 0.15) is 0 Å². The molecule has 1 heterocycles. The minimum atomic E-state index is -4.44. The lowest BCUT2D eigenvalue weighted by molar-refractivity contribution is -0.138. The maximum Gasteiger partial charge on any atom is 0.416 e. The number of hydrogen-bond donors (Lipinski definition) is 1. The fourth-order valence-electron chi connectivity index (χ4n) is 3.67. The third kappa shape index (κ3) is 4.49. The van der Waals surface area contributed by atoms with Crippen molar-refractivity contribution < 1.29 is 31.5 Å². The van der Waals surface area contributed by atoms with E-state index in [0.29, 0.717) is 27.7 Å². The Kier molecular flexibility index (Phi) is 5.75. The van der Waals surface area contributed by atoms with Crippen molar-refractivity contribution in [1.29, 1.82) is 0 Å². The number of rotatable bonds is 6. The molecule has 5 nitrogen and oxygen atoms in total. The van der Waals surface area contributed by atoms with Crippen molar-refractivity contribution in [2.75, 3.05) is 0 Å². The first-order valence-corrected chi connectivity index (χ1v) is 11.4. The smallest absolute Gasteiger partial charge is 0.416 e. The molecule has 0 aliphatic heterocycles. The van der Waals surface area contributed by atoms with Crippen molar-refractivity contribution in [3.8, 4) is 11.1 Å². The van der Waals surface area contributed by atoms with Crippen LogP contribution in [0, 0.1) is 0 Å². The summed E-state index contributed by atoms with van der Waals surface area (Å²) in [4.78, 5) is 11.2. The predicted octanol–water partition coefficient (Wildman–Crippen LogP) is 5.58. The minimum Gasteiger partial charge on any atom is -0.481 e. The summed E-state index contributed by atoms with van der Waals surface area (Å²) in [6, 6.07) is 19.0. The second-order valence-electron chi connectivity index (χ2n) is 7.46. The number of carboxylic acid groups (broad SMARTS) is 1. The van der Waals surface area contributed by atoms with Gasteiger partial charge in [-0.3, -0.25) is 4.79 Å². The number of alkyl halides is 3. The summed E-state index contributed by atoms with van der Waals surface area (Å²) in [5, 5.41) is 9.63. The van der Waals surface area contributed by atoms with Gasteiger partial charge in [-0.15, -0.1) is 0 Å². The molecule has 0 unspecified atom stereocenters. The minimum absolute atomic E-state index is 0.00824. The second kappa shape index (κ2) is 8.40. The van der Waals surface area contributed by atoms with E-state index in [0.717, 1.165) is 16.1 Å². The van der Waals surface area contributed by atoms with Gasteiger partial charge in [0, 0.05) is 11.1 Å². The maximum absolute atomic E-state index is 13.4. The molecule has 170 valence electrons. The van der Waals surface area contributed by atoms with Crippen LogP contribution >= 0.6 is 0 Å². The Bertz CT molecular complexity index is 1420. The molecule has 9 heteroatoms. The zero-order valence-corrected chi connectivity index (χ0v) is 17.9. The average molecular weight is 473 g/mol. The Morgan fingerprint density at radius 3 is 2.12 bits per heavy atom. The van der Waals surface area contributed by atoms with Gasteiger partial charge in [-0.25, -0.2) is 12.4 Å². The quantitative estimate of drug-likeness (QED) is 0.397. The summed E-state index contributed by atoms with van der Waals surface area (Å²) in [6.07, 6.45) is -4.71. The lowest BCUT2D eigenvalue weighted by Gasteiger charge is -2.12. The third-order valence-electron chi connectivity index (χ3n) is 5.25. The van der Waals surface area contributed by atoms with Crippen molar-refractivity contribution in [3.05, 3.63) is 90.1 Å². The van der Waals surface area contributed by atoms with E-state index in [4.69, 9.17) is 5.11 Å². The van der Waals surface area contributed by atoms with Crippen LogP contribution in [0.5, 0.6) is 0 Å². The van der Waals surface area contributed by atoms with Crippen molar-refractivity contribution in [2.45, 2.75) is 23.9 Å². The fourth-order valence-corrected chi connectivity index (χ4v) is 5.26. The van der Waals surface area contributed by atoms with Gasteiger partial charge < -0.3 is 5.11 Å². The summed E-state index contributed by atoms with van der Waals surface area (Å²) in [6.45, 7) is 0. The highest BCUT2D eigenvalue weighted by Gasteiger charge is 2.30. The topological polar surface area (TPSA) is 76.4 Å². The lowest BCUT2D eigenvalue weighted by atomic mass is 10.0. The molecule has 0 amide bonds. The molecular formula is C24H18F3NO4S. The number of aryl methyl sites for hydroxylation is 1. The number of halogens is 3. The van der Waals surface area contributed by atoms with Crippen LogP contribution in [-0.2, 0) is 27.4 Å². The van der Waals surface area contributed by atoms with E-state index in [9.17, 15) is 26.4 Å². The molecule has 0 spiro atoms. The summed E-state index contributed by atoms with van der Waals surface area (Å²) < 4.78 is 66.4. The van der Waals surface area contributed by atoms with Gasteiger partial charge in [0.15, 0.2) is 0 Å². The highest BCUT2D eigenvalue weighted by Crippen LogP contribution is 2.33. The number of fused-ring (bicyclic) bond motifs is 1. The number of hydrogen-bond acceptors (Lipinski definition) is 3. The van der Waals surface area contributed by atoms with Crippen molar-refractivity contribution >= 4 is 26.9 Å². The summed E-state index contributed by atoms with van der Waals surface area (Å²) in [7, 11) is -4.00. The molecule has 4 aromatic rings. The first-order valence-electron chi connectivity index (χ1n) is 9.92. The molecule has 0 radical (unpaired) electrons. The van der Waals surface area contributed by atoms with Gasteiger partial charge in [-0.1, -0.05) is 36.4 Å². The average Bonchev–Trinajstić information content (AvgIpc) is 3.16. The van der Waals surface area contributed by atoms with Crippen molar-refractivity contribution in [2.24, 2.45) is 0 Å². The number of aromatic nitrogens is 1. The van der Waals surface area contributed by atoms with Gasteiger partial charge in [0.25, 0.3) is 10.0 Å². The Balaban J connectivity index is 1.84. The molecule has 3 aromatic carbocycles. The molecule has 33 heavy (non-hydrogen) atoms. The molecule has 0 atom stereocenters. The van der Waals surface area contributed by atoms with Crippen LogP contribution in [0.3, 0.4) is 0 Å². The fraction of sp³-hybridized carbons (Fsp3) is 0.125. The number of aliphatic carboxylic acids is 1. The molecule has 0 aliphatic carbocycles. The third-order valence-corrected chi connectivity index (χ3v) is 7.03. The number of benzene rings is 3. The largest absolute Gasteiger partial charge is 0.481 e. The van der Waals surface area contributed by atoms with Gasteiger partial charge in [0.2, 0.25) is 0 Å². The maximum atomic E-state index is 13.4. The standard InChI is InChI=1S/C24H18F3NO4S/c25-24(26,27)19-9-6-16(7-10-19)17-8-12-22-18(14-17)15-20(11-13-23(29)30)28(22)33(31,32)21-4-2-1-3-5-21/h1-10,12,14-15H,11,13H2,(H,29,30). The zero-order chi connectivity index (χ0) is 23.8. The van der Waals surface area contributed by atoms with Crippen LogP contribution in [-0.4, -0.2) is 23.5 Å². The molecule has 0 saturated heterocycles. The van der Waals surface area contributed by atoms with E-state index < -0.39 is 27.7 Å². The van der Waals surface area contributed by atoms with Gasteiger partial charge in [0.05, 0.1) is 22.4 Å². The Labute approximate surface area is 187 Å². The summed E-state index contributed by atoms with van der Waals surface area (Å²) in [5.41, 5.74) is 1.05. The predicted molar refractivity (Wildman–Crippen MR) is 117 cm³/mol. The normalized spacial score (nSPS) is 12.2. The highest BCUT2D eigenvalue weighted by atomic mass is 32.2. The Hall–Kier alpha value is -3.59. The van der Waals surface area contributed by atoms with Gasteiger partial charge in [-0.2, -0.15) is 13.2 Å². The van der Waals surface area contributed by atoms with Crippen LogP contribution in [0.15, 0.2) is 83.8 Å². The molecule has 1 N–H and O–H groups in total. The first kappa shape index (κ1) is 22.6. The second-order valence-corrected chi connectivity index (χ2v) is 9.25. The van der Waals surface area contributed by atoms with Crippen molar-refractivity contribution in [1.82, 2.24) is 3.97 Å². The first-order chi connectivity index (χ1) is 15.6. The molecule has 4 rings (SSSR count). The molecule has 1 aromatic heterocycles. The van der Waals surface area contributed by atoms with Crippen LogP contribution in [0.25, 0.3) is 22.0 Å². The lowest BCUT2D eigenvalue weighted by Crippen LogP contribution is -2.16. The van der Waals surface area contributed by atoms with Gasteiger partial charge >= 0.3 is 12.1 Å². The molecule has 0 aliphatic rings. The van der Waals surface area contributed by atoms with Crippen LogP contribution in [0.1, 0.15) is 17.7 Å². The molecular weight excluding hydrogens is 455 g/mol. The Morgan fingerprint density at radius 2 is 1.52 bits per heavy atom. The molecule has 0 bridgehead atoms. The van der Waals surface area contributed by atoms with E-state index in [1.165, 1.54) is 24.3 Å².